The van der Waals surface area contributed by atoms with E-state index < -0.39 is 0 Å². The third-order valence-corrected chi connectivity index (χ3v) is 5.97. The van der Waals surface area contributed by atoms with E-state index in [1.807, 2.05) is 24.3 Å². The molecule has 4 aromatic rings. The number of aryl methyl sites for hydroxylation is 3. The normalized spacial score (nSPS) is 12.4. The summed E-state index contributed by atoms with van der Waals surface area (Å²) in [6.07, 6.45) is 0. The Morgan fingerprint density at radius 1 is 0.714 bits per heavy atom. The van der Waals surface area contributed by atoms with Gasteiger partial charge in [-0.2, -0.15) is 0 Å². The van der Waals surface area contributed by atoms with E-state index in [2.05, 4.69) is 58.0 Å². The maximum absolute atomic E-state index is 13.1. The molecule has 0 spiro atoms. The third-order valence-electron chi connectivity index (χ3n) is 5.97. The maximum Gasteiger partial charge on any atom is 0.194 e. The quantitative estimate of drug-likeness (QED) is 0.347. The molecular weight excluding hydrogens is 342 g/mol. The Balaban J connectivity index is 1.75. The molecule has 28 heavy (non-hydrogen) atoms. The van der Waals surface area contributed by atoms with Crippen molar-refractivity contribution in [1.29, 1.82) is 0 Å². The van der Waals surface area contributed by atoms with Gasteiger partial charge in [-0.1, -0.05) is 35.9 Å². The SMILES string of the molecule is Cc1cc(C)c(C)c(-c2ccc3c4c(ccc3n2)-c2c(C)cccc2C4=O)c1. The van der Waals surface area contributed by atoms with Crippen molar-refractivity contribution in [3.8, 4) is 22.4 Å². The van der Waals surface area contributed by atoms with Crippen LogP contribution >= 0.6 is 0 Å². The molecule has 5 rings (SSSR count). The molecule has 0 saturated carbocycles. The molecule has 0 atom stereocenters. The molecule has 1 aliphatic rings. The Labute approximate surface area is 164 Å². The number of carbonyl (C=O) groups excluding carboxylic acids is 1. The fourth-order valence-electron chi connectivity index (χ4n) is 4.46. The van der Waals surface area contributed by atoms with Crippen molar-refractivity contribution in [3.05, 3.63) is 88.0 Å². The molecule has 0 fully saturated rings. The first-order valence-corrected chi connectivity index (χ1v) is 9.62. The lowest BCUT2D eigenvalue weighted by Crippen LogP contribution is -1.98. The van der Waals surface area contributed by atoms with Gasteiger partial charge in [0.2, 0.25) is 0 Å². The molecule has 0 amide bonds. The van der Waals surface area contributed by atoms with Gasteiger partial charge in [-0.15, -0.1) is 0 Å². The fraction of sp³-hybridized carbons (Fsp3) is 0.154. The molecule has 3 aromatic carbocycles. The number of carbonyl (C=O) groups is 1. The maximum atomic E-state index is 13.1. The van der Waals surface area contributed by atoms with E-state index in [1.54, 1.807) is 0 Å². The largest absolute Gasteiger partial charge is 0.289 e. The van der Waals surface area contributed by atoms with Crippen LogP contribution in [0.25, 0.3) is 33.3 Å². The highest BCUT2D eigenvalue weighted by Gasteiger charge is 2.29. The van der Waals surface area contributed by atoms with Crippen molar-refractivity contribution in [2.75, 3.05) is 0 Å². The van der Waals surface area contributed by atoms with Gasteiger partial charge in [0.1, 0.15) is 0 Å². The minimum Gasteiger partial charge on any atom is -0.289 e. The Bertz CT molecular complexity index is 1310. The summed E-state index contributed by atoms with van der Waals surface area (Å²) >= 11 is 0. The summed E-state index contributed by atoms with van der Waals surface area (Å²) in [6, 6.07) is 18.6. The predicted molar refractivity (Wildman–Crippen MR) is 115 cm³/mol. The number of nitrogens with zero attached hydrogens (tertiary/aromatic N) is 1. The van der Waals surface area contributed by atoms with Gasteiger partial charge in [0, 0.05) is 22.1 Å². The van der Waals surface area contributed by atoms with Gasteiger partial charge in [-0.3, -0.25) is 4.79 Å². The van der Waals surface area contributed by atoms with Crippen molar-refractivity contribution in [3.63, 3.8) is 0 Å². The number of benzene rings is 3. The minimum absolute atomic E-state index is 0.108. The number of rotatable bonds is 1. The first-order chi connectivity index (χ1) is 13.5. The monoisotopic (exact) mass is 363 g/mol. The van der Waals surface area contributed by atoms with Crippen LogP contribution in [0.15, 0.2) is 54.6 Å². The molecular formula is C26H21NO. The van der Waals surface area contributed by atoms with Gasteiger partial charge < -0.3 is 0 Å². The Morgan fingerprint density at radius 3 is 2.36 bits per heavy atom. The standard InChI is InChI=1S/C26H21NO/c1-14-12-16(3)17(4)21(13-14)23-10-8-18-22(27-23)11-9-19-24-15(2)6-5-7-20(24)26(28)25(18)19/h5-13H,1-4H3. The van der Waals surface area contributed by atoms with Crippen LogP contribution in [-0.2, 0) is 0 Å². The molecule has 0 N–H and O–H groups in total. The first-order valence-electron chi connectivity index (χ1n) is 9.62. The molecule has 2 heteroatoms. The summed E-state index contributed by atoms with van der Waals surface area (Å²) in [5.41, 5.74) is 11.6. The van der Waals surface area contributed by atoms with E-state index in [0.29, 0.717) is 0 Å². The van der Waals surface area contributed by atoms with Crippen molar-refractivity contribution in [1.82, 2.24) is 4.98 Å². The molecule has 0 unspecified atom stereocenters. The van der Waals surface area contributed by atoms with Crippen LogP contribution in [0, 0.1) is 27.7 Å². The number of hydrogen-bond acceptors (Lipinski definition) is 2. The second-order valence-corrected chi connectivity index (χ2v) is 7.83. The van der Waals surface area contributed by atoms with Crippen LogP contribution in [0.5, 0.6) is 0 Å². The smallest absolute Gasteiger partial charge is 0.194 e. The van der Waals surface area contributed by atoms with Crippen LogP contribution in [0.2, 0.25) is 0 Å². The van der Waals surface area contributed by atoms with E-state index in [0.717, 1.165) is 50.0 Å². The van der Waals surface area contributed by atoms with Gasteiger partial charge in [0.25, 0.3) is 0 Å². The van der Waals surface area contributed by atoms with Crippen LogP contribution in [0.1, 0.15) is 38.2 Å². The molecule has 0 aliphatic heterocycles. The molecule has 0 bridgehead atoms. The van der Waals surface area contributed by atoms with E-state index in [-0.39, 0.29) is 5.78 Å². The second-order valence-electron chi connectivity index (χ2n) is 7.83. The lowest BCUT2D eigenvalue weighted by molar-refractivity contribution is 0.104. The van der Waals surface area contributed by atoms with Crippen LogP contribution < -0.4 is 0 Å². The van der Waals surface area contributed by atoms with Crippen molar-refractivity contribution in [2.45, 2.75) is 27.7 Å². The predicted octanol–water partition coefficient (Wildman–Crippen LogP) is 6.35. The van der Waals surface area contributed by atoms with Gasteiger partial charge >= 0.3 is 0 Å². The van der Waals surface area contributed by atoms with E-state index in [1.165, 1.54) is 16.7 Å². The van der Waals surface area contributed by atoms with E-state index >= 15 is 0 Å². The average Bonchev–Trinajstić information content (AvgIpc) is 2.98. The summed E-state index contributed by atoms with van der Waals surface area (Å²) < 4.78 is 0. The molecule has 136 valence electrons. The average molecular weight is 363 g/mol. The van der Waals surface area contributed by atoms with Crippen LogP contribution in [0.3, 0.4) is 0 Å². The topological polar surface area (TPSA) is 30.0 Å². The highest BCUT2D eigenvalue weighted by Crippen LogP contribution is 2.42. The summed E-state index contributed by atoms with van der Waals surface area (Å²) in [4.78, 5) is 18.1. The van der Waals surface area contributed by atoms with Gasteiger partial charge in [-0.25, -0.2) is 4.98 Å². The Hall–Kier alpha value is -3.26. The highest BCUT2D eigenvalue weighted by atomic mass is 16.1. The zero-order valence-electron chi connectivity index (χ0n) is 16.6. The summed E-state index contributed by atoms with van der Waals surface area (Å²) in [5.74, 6) is 0.108. The number of aromatic nitrogens is 1. The number of pyridine rings is 1. The summed E-state index contributed by atoms with van der Waals surface area (Å²) in [6.45, 7) is 8.46. The third kappa shape index (κ3) is 2.27. The van der Waals surface area contributed by atoms with E-state index in [4.69, 9.17) is 4.98 Å². The zero-order valence-corrected chi connectivity index (χ0v) is 16.6. The number of ketones is 1. The zero-order chi connectivity index (χ0) is 19.6. The van der Waals surface area contributed by atoms with Gasteiger partial charge in [-0.05, 0) is 79.8 Å². The lowest BCUT2D eigenvalue weighted by Gasteiger charge is -2.12. The summed E-state index contributed by atoms with van der Waals surface area (Å²) in [5, 5.41) is 0.934. The van der Waals surface area contributed by atoms with Gasteiger partial charge in [0.05, 0.1) is 11.2 Å². The molecule has 2 nitrogen and oxygen atoms in total. The molecule has 1 aliphatic carbocycles. The molecule has 1 heterocycles. The fourth-order valence-corrected chi connectivity index (χ4v) is 4.46. The van der Waals surface area contributed by atoms with Crippen molar-refractivity contribution < 1.29 is 4.79 Å². The highest BCUT2D eigenvalue weighted by molar-refractivity contribution is 6.27. The van der Waals surface area contributed by atoms with Crippen LogP contribution in [0.4, 0.5) is 0 Å². The number of fused-ring (bicyclic) bond motifs is 5. The first kappa shape index (κ1) is 16.9. The Morgan fingerprint density at radius 2 is 1.54 bits per heavy atom. The molecule has 0 saturated heterocycles. The van der Waals surface area contributed by atoms with Crippen LogP contribution in [-0.4, -0.2) is 10.8 Å². The lowest BCUT2D eigenvalue weighted by atomic mass is 9.96. The summed E-state index contributed by atoms with van der Waals surface area (Å²) in [7, 11) is 0. The Kier molecular flexibility index (Phi) is 3.54. The number of hydrogen-bond donors (Lipinski definition) is 0. The van der Waals surface area contributed by atoms with Crippen molar-refractivity contribution in [2.24, 2.45) is 0 Å². The van der Waals surface area contributed by atoms with Gasteiger partial charge in [0.15, 0.2) is 5.78 Å². The minimum atomic E-state index is 0.108. The second kappa shape index (κ2) is 5.87. The van der Waals surface area contributed by atoms with Crippen molar-refractivity contribution >= 4 is 16.7 Å². The molecule has 0 radical (unpaired) electrons. The molecule has 1 aromatic heterocycles. The van der Waals surface area contributed by atoms with E-state index in [9.17, 15) is 4.79 Å².